The van der Waals surface area contributed by atoms with Gasteiger partial charge in [0, 0.05) is 13.6 Å². The lowest BCUT2D eigenvalue weighted by atomic mass is 10.1. The summed E-state index contributed by atoms with van der Waals surface area (Å²) in [7, 11) is 1.67. The topological polar surface area (TPSA) is 82.2 Å². The highest BCUT2D eigenvalue weighted by molar-refractivity contribution is 5.99. The lowest BCUT2D eigenvalue weighted by molar-refractivity contribution is 0.0799. The number of nitrogens with two attached hydrogens (primary N) is 1. The average Bonchev–Trinajstić information content (AvgIpc) is 2.34. The minimum absolute atomic E-state index is 0.142. The Morgan fingerprint density at radius 2 is 2.29 bits per heavy atom. The number of hydrogen-bond donors (Lipinski definition) is 2. The van der Waals surface area contributed by atoms with Gasteiger partial charge in [0.25, 0.3) is 5.91 Å². The summed E-state index contributed by atoms with van der Waals surface area (Å²) in [5, 5.41) is 8.49. The van der Waals surface area contributed by atoms with Gasteiger partial charge in [-0.1, -0.05) is 11.6 Å². The molecule has 0 unspecified atom stereocenters. The maximum absolute atomic E-state index is 12.1. The minimum atomic E-state index is -0.142. The molecule has 3 N–H and O–H groups in total. The largest absolute Gasteiger partial charge is 0.341 e. The van der Waals surface area contributed by atoms with Crippen LogP contribution in [-0.2, 0) is 0 Å². The van der Waals surface area contributed by atoms with Crippen molar-refractivity contribution in [2.75, 3.05) is 19.0 Å². The van der Waals surface area contributed by atoms with Crippen LogP contribution in [-0.4, -0.2) is 24.4 Å². The molecule has 0 saturated carbocycles. The molecule has 0 saturated heterocycles. The SMILES string of the molecule is Cc1ccc(NN)c(C(=O)N(C)CCC#N)c1. The van der Waals surface area contributed by atoms with Crippen LogP contribution in [0.2, 0.25) is 0 Å². The Morgan fingerprint density at radius 1 is 1.59 bits per heavy atom. The van der Waals surface area contributed by atoms with Gasteiger partial charge >= 0.3 is 0 Å². The van der Waals surface area contributed by atoms with Crippen molar-refractivity contribution in [3.8, 4) is 6.07 Å². The van der Waals surface area contributed by atoms with E-state index >= 15 is 0 Å². The van der Waals surface area contributed by atoms with Crippen LogP contribution in [0.1, 0.15) is 22.3 Å². The fraction of sp³-hybridized carbons (Fsp3) is 0.333. The van der Waals surface area contributed by atoms with E-state index in [1.54, 1.807) is 19.2 Å². The number of anilines is 1. The third-order valence-electron chi connectivity index (χ3n) is 2.47. The van der Waals surface area contributed by atoms with E-state index in [-0.39, 0.29) is 5.91 Å². The van der Waals surface area contributed by atoms with Crippen molar-refractivity contribution in [1.82, 2.24) is 4.90 Å². The number of nitriles is 1. The van der Waals surface area contributed by atoms with Crippen LogP contribution in [0.15, 0.2) is 18.2 Å². The second-order valence-corrected chi connectivity index (χ2v) is 3.83. The van der Waals surface area contributed by atoms with E-state index in [0.29, 0.717) is 24.2 Å². The van der Waals surface area contributed by atoms with Crippen molar-refractivity contribution in [3.05, 3.63) is 29.3 Å². The van der Waals surface area contributed by atoms with Gasteiger partial charge < -0.3 is 10.3 Å². The monoisotopic (exact) mass is 232 g/mol. The van der Waals surface area contributed by atoms with Gasteiger partial charge in [0.15, 0.2) is 0 Å². The van der Waals surface area contributed by atoms with Gasteiger partial charge in [0.1, 0.15) is 0 Å². The van der Waals surface area contributed by atoms with Crippen LogP contribution in [0.3, 0.4) is 0 Å². The first-order valence-electron chi connectivity index (χ1n) is 5.30. The maximum Gasteiger partial charge on any atom is 0.255 e. The maximum atomic E-state index is 12.1. The van der Waals surface area contributed by atoms with Crippen molar-refractivity contribution in [2.45, 2.75) is 13.3 Å². The first kappa shape index (κ1) is 13.0. The molecule has 0 bridgehead atoms. The lowest BCUT2D eigenvalue weighted by Crippen LogP contribution is -2.28. The Hall–Kier alpha value is -2.06. The van der Waals surface area contributed by atoms with E-state index in [2.05, 4.69) is 5.43 Å². The molecular weight excluding hydrogens is 216 g/mol. The van der Waals surface area contributed by atoms with E-state index in [4.69, 9.17) is 11.1 Å². The number of carbonyl (C=O) groups excluding carboxylic acids is 1. The van der Waals surface area contributed by atoms with Crippen LogP contribution in [0.5, 0.6) is 0 Å². The Morgan fingerprint density at radius 3 is 2.88 bits per heavy atom. The highest BCUT2D eigenvalue weighted by Gasteiger charge is 2.15. The van der Waals surface area contributed by atoms with Gasteiger partial charge in [-0.3, -0.25) is 10.6 Å². The number of hydrazine groups is 1. The van der Waals surface area contributed by atoms with Crippen molar-refractivity contribution < 1.29 is 4.79 Å². The molecule has 1 aromatic carbocycles. The number of amides is 1. The van der Waals surface area contributed by atoms with Crippen LogP contribution in [0, 0.1) is 18.3 Å². The van der Waals surface area contributed by atoms with E-state index in [0.717, 1.165) is 5.56 Å². The number of nitrogens with zero attached hydrogens (tertiary/aromatic N) is 2. The molecule has 90 valence electrons. The smallest absolute Gasteiger partial charge is 0.255 e. The van der Waals surface area contributed by atoms with Crippen molar-refractivity contribution >= 4 is 11.6 Å². The van der Waals surface area contributed by atoms with E-state index < -0.39 is 0 Å². The Balaban J connectivity index is 2.95. The number of rotatable bonds is 4. The van der Waals surface area contributed by atoms with Crippen LogP contribution < -0.4 is 11.3 Å². The fourth-order valence-corrected chi connectivity index (χ4v) is 1.49. The summed E-state index contributed by atoms with van der Waals surface area (Å²) in [5.74, 6) is 5.22. The van der Waals surface area contributed by atoms with Gasteiger partial charge in [-0.05, 0) is 19.1 Å². The van der Waals surface area contributed by atoms with Crippen molar-refractivity contribution in [1.29, 1.82) is 5.26 Å². The first-order valence-corrected chi connectivity index (χ1v) is 5.30. The predicted molar refractivity (Wildman–Crippen MR) is 66.2 cm³/mol. The quantitative estimate of drug-likeness (QED) is 0.605. The Kier molecular flexibility index (Phi) is 4.49. The number of hydrogen-bond acceptors (Lipinski definition) is 4. The summed E-state index contributed by atoms with van der Waals surface area (Å²) >= 11 is 0. The fourth-order valence-electron chi connectivity index (χ4n) is 1.49. The predicted octanol–water partition coefficient (Wildman–Crippen LogP) is 1.27. The molecule has 0 aliphatic heterocycles. The summed E-state index contributed by atoms with van der Waals surface area (Å²) in [6, 6.07) is 7.43. The van der Waals surface area contributed by atoms with Gasteiger partial charge in [-0.25, -0.2) is 0 Å². The Labute approximate surface area is 101 Å². The summed E-state index contributed by atoms with van der Waals surface area (Å²) < 4.78 is 0. The normalized spacial score (nSPS) is 9.53. The Bertz CT molecular complexity index is 450. The van der Waals surface area contributed by atoms with Gasteiger partial charge in [-0.2, -0.15) is 5.26 Å². The van der Waals surface area contributed by atoms with E-state index in [1.165, 1.54) is 4.90 Å². The number of benzene rings is 1. The van der Waals surface area contributed by atoms with Gasteiger partial charge in [0.2, 0.25) is 0 Å². The van der Waals surface area contributed by atoms with Gasteiger partial charge in [-0.15, -0.1) is 0 Å². The second-order valence-electron chi connectivity index (χ2n) is 3.83. The number of nitrogen functional groups attached to an aromatic ring is 1. The summed E-state index contributed by atoms with van der Waals surface area (Å²) in [4.78, 5) is 13.6. The summed E-state index contributed by atoms with van der Waals surface area (Å²) in [5.41, 5.74) is 4.60. The molecule has 5 nitrogen and oxygen atoms in total. The zero-order valence-electron chi connectivity index (χ0n) is 10.0. The molecule has 0 aromatic heterocycles. The molecule has 17 heavy (non-hydrogen) atoms. The van der Waals surface area contributed by atoms with Crippen molar-refractivity contribution in [2.24, 2.45) is 5.84 Å². The molecule has 0 heterocycles. The molecule has 0 aliphatic carbocycles. The number of carbonyl (C=O) groups is 1. The van der Waals surface area contributed by atoms with Crippen LogP contribution in [0.4, 0.5) is 5.69 Å². The molecular formula is C12H16N4O. The molecule has 0 atom stereocenters. The van der Waals surface area contributed by atoms with Crippen LogP contribution in [0.25, 0.3) is 0 Å². The zero-order chi connectivity index (χ0) is 12.8. The highest BCUT2D eigenvalue weighted by Crippen LogP contribution is 2.18. The first-order chi connectivity index (χ1) is 8.10. The van der Waals surface area contributed by atoms with Gasteiger partial charge in [0.05, 0.1) is 23.7 Å². The average molecular weight is 232 g/mol. The number of nitrogens with one attached hydrogen (secondary N) is 1. The molecule has 1 amide bonds. The summed E-state index contributed by atoms with van der Waals surface area (Å²) in [6.45, 7) is 2.32. The zero-order valence-corrected chi connectivity index (χ0v) is 10.0. The molecule has 0 aliphatic rings. The molecule has 1 rings (SSSR count). The highest BCUT2D eigenvalue weighted by atomic mass is 16.2. The molecule has 0 fully saturated rings. The van der Waals surface area contributed by atoms with Crippen molar-refractivity contribution in [3.63, 3.8) is 0 Å². The van der Waals surface area contributed by atoms with E-state index in [1.807, 2.05) is 19.1 Å². The molecule has 0 spiro atoms. The molecule has 1 aromatic rings. The van der Waals surface area contributed by atoms with Crippen LogP contribution >= 0.6 is 0 Å². The third-order valence-corrected chi connectivity index (χ3v) is 2.47. The third kappa shape index (κ3) is 3.20. The van der Waals surface area contributed by atoms with E-state index in [9.17, 15) is 4.79 Å². The lowest BCUT2D eigenvalue weighted by Gasteiger charge is -2.18. The molecule has 5 heteroatoms. The second kappa shape index (κ2) is 5.87. The molecule has 0 radical (unpaired) electrons. The number of aryl methyl sites for hydroxylation is 1. The minimum Gasteiger partial charge on any atom is -0.341 e. The standard InChI is InChI=1S/C12H16N4O/c1-9-4-5-11(15-14)10(8-9)12(17)16(2)7-3-6-13/h4-5,8,15H,3,7,14H2,1-2H3. The summed E-state index contributed by atoms with van der Waals surface area (Å²) in [6.07, 6.45) is 0.319.